The van der Waals surface area contributed by atoms with Crippen molar-refractivity contribution in [2.75, 3.05) is 13.6 Å². The van der Waals surface area contributed by atoms with Crippen molar-refractivity contribution in [3.05, 3.63) is 32.9 Å². The molecular weight excluding hydrogens is 386 g/mol. The lowest BCUT2D eigenvalue weighted by Crippen LogP contribution is -2.14. The molecule has 0 fully saturated rings. The highest BCUT2D eigenvalue weighted by molar-refractivity contribution is 9.10. The number of aryl methyl sites for hydroxylation is 2. The third-order valence-corrected chi connectivity index (χ3v) is 5.42. The van der Waals surface area contributed by atoms with E-state index in [2.05, 4.69) is 32.2 Å². The first-order valence-electron chi connectivity index (χ1n) is 6.76. The van der Waals surface area contributed by atoms with E-state index in [0.717, 1.165) is 33.0 Å². The van der Waals surface area contributed by atoms with Crippen molar-refractivity contribution in [1.82, 2.24) is 9.27 Å². The first-order valence-corrected chi connectivity index (χ1v) is 8.71. The lowest BCUT2D eigenvalue weighted by Gasteiger charge is -2.11. The highest BCUT2D eigenvalue weighted by atomic mass is 79.9. The molecule has 0 bridgehead atoms. The van der Waals surface area contributed by atoms with Gasteiger partial charge in [-0.25, -0.2) is 4.99 Å². The average molecular weight is 403 g/mol. The minimum absolute atomic E-state index is 0.554. The van der Waals surface area contributed by atoms with Crippen LogP contribution in [0.4, 0.5) is 5.69 Å². The number of benzene rings is 1. The monoisotopic (exact) mass is 401 g/mol. The molecule has 0 atom stereocenters. The molecule has 7 heteroatoms. The largest absolute Gasteiger partial charge is 0.444 e. The maximum Gasteiger partial charge on any atom is 0.214 e. The number of rotatable bonds is 5. The molecule has 1 aromatic carbocycles. The minimum Gasteiger partial charge on any atom is -0.444 e. The van der Waals surface area contributed by atoms with E-state index < -0.39 is 0 Å². The first-order chi connectivity index (χ1) is 10.4. The molecule has 0 amide bonds. The molecule has 0 aliphatic carbocycles. The molecule has 118 valence electrons. The Hall–Kier alpha value is -1.11. The van der Waals surface area contributed by atoms with E-state index in [1.807, 2.05) is 31.9 Å². The van der Waals surface area contributed by atoms with Gasteiger partial charge < -0.3 is 9.64 Å². The number of aromatic nitrogens is 1. The maximum absolute atomic E-state index is 6.30. The van der Waals surface area contributed by atoms with E-state index in [9.17, 15) is 0 Å². The molecule has 2 rings (SSSR count). The highest BCUT2D eigenvalue weighted by Crippen LogP contribution is 2.39. The zero-order valence-corrected chi connectivity index (χ0v) is 16.0. The van der Waals surface area contributed by atoms with Gasteiger partial charge in [-0.1, -0.05) is 11.6 Å². The van der Waals surface area contributed by atoms with Gasteiger partial charge in [0.15, 0.2) is 0 Å². The molecule has 0 saturated heterocycles. The number of hydrogen-bond donors (Lipinski definition) is 0. The lowest BCUT2D eigenvalue weighted by atomic mass is 10.2. The van der Waals surface area contributed by atoms with Gasteiger partial charge in [0.25, 0.3) is 0 Å². The number of hydrogen-bond acceptors (Lipinski definition) is 4. The van der Waals surface area contributed by atoms with Gasteiger partial charge in [-0.05, 0) is 48.3 Å². The van der Waals surface area contributed by atoms with Crippen molar-refractivity contribution in [2.45, 2.75) is 20.8 Å². The third kappa shape index (κ3) is 4.00. The van der Waals surface area contributed by atoms with Crippen LogP contribution in [0.25, 0.3) is 0 Å². The van der Waals surface area contributed by atoms with Crippen molar-refractivity contribution in [2.24, 2.45) is 4.99 Å². The molecule has 0 unspecified atom stereocenters. The Morgan fingerprint density at radius 3 is 2.77 bits per heavy atom. The zero-order chi connectivity index (χ0) is 16.3. The van der Waals surface area contributed by atoms with Crippen LogP contribution in [0, 0.1) is 13.8 Å². The Balaban J connectivity index is 2.26. The van der Waals surface area contributed by atoms with Crippen molar-refractivity contribution in [1.29, 1.82) is 0 Å². The average Bonchev–Trinajstić information content (AvgIpc) is 2.80. The Bertz CT molecular complexity index is 702. The fourth-order valence-electron chi connectivity index (χ4n) is 1.60. The number of ether oxygens (including phenoxy) is 1. The minimum atomic E-state index is 0.554. The van der Waals surface area contributed by atoms with Crippen LogP contribution in [0.3, 0.4) is 0 Å². The van der Waals surface area contributed by atoms with Crippen molar-refractivity contribution >= 4 is 51.1 Å². The normalized spacial score (nSPS) is 11.2. The van der Waals surface area contributed by atoms with Crippen LogP contribution in [0.2, 0.25) is 5.02 Å². The van der Waals surface area contributed by atoms with Crippen LogP contribution in [-0.2, 0) is 0 Å². The molecule has 0 spiro atoms. The fourth-order valence-corrected chi connectivity index (χ4v) is 2.97. The summed E-state index contributed by atoms with van der Waals surface area (Å²) in [5.41, 5.74) is 2.60. The molecule has 1 aromatic heterocycles. The zero-order valence-electron chi connectivity index (χ0n) is 12.9. The summed E-state index contributed by atoms with van der Waals surface area (Å²) in [4.78, 5) is 6.38. The second kappa shape index (κ2) is 7.44. The molecule has 22 heavy (non-hydrogen) atoms. The van der Waals surface area contributed by atoms with Crippen molar-refractivity contribution < 1.29 is 4.74 Å². The van der Waals surface area contributed by atoms with E-state index >= 15 is 0 Å². The van der Waals surface area contributed by atoms with E-state index in [0.29, 0.717) is 10.8 Å². The number of aliphatic imine (C=N–C) groups is 1. The standard InChI is InChI=1S/C15H17BrClN3OS/c1-5-20(4)8-18-12-6-9(2)13(7-11(12)17)21-15-14(16)10(3)19-22-15/h6-8H,5H2,1-4H3. The molecule has 0 N–H and O–H groups in total. The molecule has 0 radical (unpaired) electrons. The molecule has 4 nitrogen and oxygen atoms in total. The second-order valence-corrected chi connectivity index (χ2v) is 6.79. The SMILES string of the molecule is CCN(C)C=Nc1cc(C)c(Oc2snc(C)c2Br)cc1Cl. The van der Waals surface area contributed by atoms with E-state index in [1.165, 1.54) is 11.5 Å². The van der Waals surface area contributed by atoms with Crippen LogP contribution >= 0.6 is 39.1 Å². The summed E-state index contributed by atoms with van der Waals surface area (Å²) in [5.74, 6) is 0.706. The van der Waals surface area contributed by atoms with Gasteiger partial charge in [-0.3, -0.25) is 0 Å². The first kappa shape index (κ1) is 17.2. The highest BCUT2D eigenvalue weighted by Gasteiger charge is 2.13. The molecule has 1 heterocycles. The molecule has 0 aliphatic rings. The van der Waals surface area contributed by atoms with E-state index in [1.54, 1.807) is 12.4 Å². The smallest absolute Gasteiger partial charge is 0.214 e. The van der Waals surface area contributed by atoms with Gasteiger partial charge >= 0.3 is 0 Å². The number of nitrogens with zero attached hydrogens (tertiary/aromatic N) is 3. The predicted molar refractivity (Wildman–Crippen MR) is 97.3 cm³/mol. The summed E-state index contributed by atoms with van der Waals surface area (Å²) < 4.78 is 11.0. The summed E-state index contributed by atoms with van der Waals surface area (Å²) in [6.07, 6.45) is 1.77. The Labute approximate surface area is 148 Å². The van der Waals surface area contributed by atoms with Crippen LogP contribution < -0.4 is 4.74 Å². The summed E-state index contributed by atoms with van der Waals surface area (Å²) in [7, 11) is 1.96. The van der Waals surface area contributed by atoms with Crippen LogP contribution in [0.15, 0.2) is 21.6 Å². The Morgan fingerprint density at radius 1 is 1.45 bits per heavy atom. The van der Waals surface area contributed by atoms with Crippen molar-refractivity contribution in [3.63, 3.8) is 0 Å². The van der Waals surface area contributed by atoms with Crippen LogP contribution in [-0.4, -0.2) is 29.2 Å². The Kier molecular flexibility index (Phi) is 5.83. The van der Waals surface area contributed by atoms with Gasteiger partial charge in [-0.2, -0.15) is 4.37 Å². The topological polar surface area (TPSA) is 37.7 Å². The molecule has 2 aromatic rings. The van der Waals surface area contributed by atoms with Gasteiger partial charge in [0.05, 0.1) is 27.2 Å². The summed E-state index contributed by atoms with van der Waals surface area (Å²) >= 11 is 11.1. The van der Waals surface area contributed by atoms with Gasteiger partial charge in [0.1, 0.15) is 5.75 Å². The molecule has 0 saturated carbocycles. The van der Waals surface area contributed by atoms with Crippen molar-refractivity contribution in [3.8, 4) is 10.8 Å². The molecular formula is C15H17BrClN3OS. The third-order valence-electron chi connectivity index (χ3n) is 3.10. The fraction of sp³-hybridized carbons (Fsp3) is 0.333. The van der Waals surface area contributed by atoms with Gasteiger partial charge in [0.2, 0.25) is 5.06 Å². The van der Waals surface area contributed by atoms with Gasteiger partial charge in [0, 0.05) is 31.2 Å². The summed E-state index contributed by atoms with van der Waals surface area (Å²) in [6, 6.07) is 3.70. The quantitative estimate of drug-likeness (QED) is 0.484. The predicted octanol–water partition coefficient (Wildman–Crippen LogP) is 5.58. The van der Waals surface area contributed by atoms with E-state index in [-0.39, 0.29) is 0 Å². The van der Waals surface area contributed by atoms with E-state index in [4.69, 9.17) is 16.3 Å². The number of halogens is 2. The summed E-state index contributed by atoms with van der Waals surface area (Å²) in [6.45, 7) is 6.84. The lowest BCUT2D eigenvalue weighted by molar-refractivity contribution is 0.490. The van der Waals surface area contributed by atoms with Crippen LogP contribution in [0.1, 0.15) is 18.2 Å². The maximum atomic E-state index is 6.30. The Morgan fingerprint density at radius 2 is 2.18 bits per heavy atom. The van der Waals surface area contributed by atoms with Crippen LogP contribution in [0.5, 0.6) is 10.8 Å². The second-order valence-electron chi connectivity index (χ2n) is 4.86. The van der Waals surface area contributed by atoms with Gasteiger partial charge in [-0.15, -0.1) is 0 Å². The molecule has 0 aliphatic heterocycles. The summed E-state index contributed by atoms with van der Waals surface area (Å²) in [5, 5.41) is 1.28.